The van der Waals surface area contributed by atoms with Crippen LogP contribution in [0, 0.1) is 0 Å². The molecule has 1 unspecified atom stereocenters. The van der Waals surface area contributed by atoms with Gasteiger partial charge in [-0.05, 0) is 49.4 Å². The van der Waals surface area contributed by atoms with Crippen molar-refractivity contribution in [3.05, 3.63) is 29.3 Å². The fourth-order valence-electron chi connectivity index (χ4n) is 2.34. The molecule has 1 aromatic rings. The van der Waals surface area contributed by atoms with Gasteiger partial charge in [0.25, 0.3) is 0 Å². The van der Waals surface area contributed by atoms with Crippen LogP contribution < -0.4 is 10.1 Å². The number of benzene rings is 1. The normalized spacial score (nSPS) is 14.9. The van der Waals surface area contributed by atoms with Crippen molar-refractivity contribution < 1.29 is 4.74 Å². The smallest absolute Gasteiger partial charge is 0.123 e. The molecule has 0 fully saturated rings. The average molecular weight is 277 g/mol. The van der Waals surface area contributed by atoms with Crippen LogP contribution >= 0.6 is 0 Å². The molecule has 0 bridgehead atoms. The monoisotopic (exact) mass is 277 g/mol. The standard InChI is InChI=1S/C18H31NO/c1-8-14-10-11-16(15(12-14)17(3,4)5)20-18(6,9-2)13-19-7/h10-12,19H,8-9,13H2,1-7H3. The molecule has 20 heavy (non-hydrogen) atoms. The molecule has 1 aromatic carbocycles. The van der Waals surface area contributed by atoms with Gasteiger partial charge in [-0.2, -0.15) is 0 Å². The summed E-state index contributed by atoms with van der Waals surface area (Å²) in [6.45, 7) is 14.1. The first-order valence-corrected chi connectivity index (χ1v) is 7.72. The van der Waals surface area contributed by atoms with E-state index in [1.807, 2.05) is 7.05 Å². The summed E-state index contributed by atoms with van der Waals surface area (Å²) in [5.41, 5.74) is 2.60. The second-order valence-corrected chi connectivity index (χ2v) is 6.87. The van der Waals surface area contributed by atoms with Crippen LogP contribution in [0.4, 0.5) is 0 Å². The summed E-state index contributed by atoms with van der Waals surface area (Å²) >= 11 is 0. The lowest BCUT2D eigenvalue weighted by Gasteiger charge is -2.33. The molecule has 0 aliphatic rings. The molecule has 0 aromatic heterocycles. The molecule has 0 saturated carbocycles. The number of hydrogen-bond donors (Lipinski definition) is 1. The number of rotatable bonds is 6. The predicted molar refractivity (Wildman–Crippen MR) is 87.8 cm³/mol. The van der Waals surface area contributed by atoms with Gasteiger partial charge in [0.15, 0.2) is 0 Å². The minimum atomic E-state index is -0.164. The van der Waals surface area contributed by atoms with Crippen LogP contribution in [0.3, 0.4) is 0 Å². The number of aryl methyl sites for hydroxylation is 1. The molecule has 0 saturated heterocycles. The Hall–Kier alpha value is -1.02. The summed E-state index contributed by atoms with van der Waals surface area (Å²) in [5.74, 6) is 1.02. The summed E-state index contributed by atoms with van der Waals surface area (Å²) in [5, 5.41) is 3.24. The molecule has 0 aliphatic heterocycles. The van der Waals surface area contributed by atoms with Gasteiger partial charge in [-0.3, -0.25) is 0 Å². The molecular formula is C18H31NO. The SMILES string of the molecule is CCc1ccc(OC(C)(CC)CNC)c(C(C)(C)C)c1. The molecule has 0 aliphatic carbocycles. The van der Waals surface area contributed by atoms with E-state index in [1.165, 1.54) is 11.1 Å². The van der Waals surface area contributed by atoms with Crippen molar-refractivity contribution >= 4 is 0 Å². The van der Waals surface area contributed by atoms with E-state index in [-0.39, 0.29) is 11.0 Å². The van der Waals surface area contributed by atoms with E-state index in [2.05, 4.69) is 65.1 Å². The fourth-order valence-corrected chi connectivity index (χ4v) is 2.34. The van der Waals surface area contributed by atoms with E-state index in [0.717, 1.165) is 25.1 Å². The Morgan fingerprint density at radius 2 is 1.75 bits per heavy atom. The predicted octanol–water partition coefficient (Wildman–Crippen LogP) is 4.31. The van der Waals surface area contributed by atoms with Gasteiger partial charge in [0.1, 0.15) is 11.4 Å². The highest BCUT2D eigenvalue weighted by atomic mass is 16.5. The van der Waals surface area contributed by atoms with Gasteiger partial charge in [0.2, 0.25) is 0 Å². The van der Waals surface area contributed by atoms with Crippen LogP contribution in [0.5, 0.6) is 5.75 Å². The summed E-state index contributed by atoms with van der Waals surface area (Å²) in [4.78, 5) is 0. The first-order valence-electron chi connectivity index (χ1n) is 7.72. The highest BCUT2D eigenvalue weighted by Crippen LogP contribution is 2.34. The fraction of sp³-hybridized carbons (Fsp3) is 0.667. The van der Waals surface area contributed by atoms with E-state index < -0.39 is 0 Å². The van der Waals surface area contributed by atoms with Gasteiger partial charge in [-0.25, -0.2) is 0 Å². The maximum Gasteiger partial charge on any atom is 0.123 e. The lowest BCUT2D eigenvalue weighted by atomic mass is 9.85. The van der Waals surface area contributed by atoms with Gasteiger partial charge < -0.3 is 10.1 Å². The molecule has 1 N–H and O–H groups in total. The van der Waals surface area contributed by atoms with Crippen LogP contribution in [-0.4, -0.2) is 19.2 Å². The molecule has 0 heterocycles. The number of hydrogen-bond acceptors (Lipinski definition) is 2. The molecule has 0 radical (unpaired) electrons. The molecule has 114 valence electrons. The van der Waals surface area contributed by atoms with Crippen LogP contribution in [0.15, 0.2) is 18.2 Å². The van der Waals surface area contributed by atoms with Crippen LogP contribution in [0.2, 0.25) is 0 Å². The van der Waals surface area contributed by atoms with Gasteiger partial charge in [-0.1, -0.05) is 46.8 Å². The minimum absolute atomic E-state index is 0.0921. The first-order chi connectivity index (χ1) is 9.25. The zero-order chi connectivity index (χ0) is 15.4. The highest BCUT2D eigenvalue weighted by molar-refractivity contribution is 5.42. The van der Waals surface area contributed by atoms with Crippen molar-refractivity contribution in [3.63, 3.8) is 0 Å². The van der Waals surface area contributed by atoms with Crippen LogP contribution in [-0.2, 0) is 11.8 Å². The second-order valence-electron chi connectivity index (χ2n) is 6.87. The lowest BCUT2D eigenvalue weighted by molar-refractivity contribution is 0.0834. The summed E-state index contributed by atoms with van der Waals surface area (Å²) in [6, 6.07) is 6.62. The quantitative estimate of drug-likeness (QED) is 0.836. The third-order valence-electron chi connectivity index (χ3n) is 3.92. The Bertz CT molecular complexity index is 434. The first kappa shape index (κ1) is 17.0. The van der Waals surface area contributed by atoms with Crippen molar-refractivity contribution in [3.8, 4) is 5.75 Å². The lowest BCUT2D eigenvalue weighted by Crippen LogP contribution is -2.41. The Morgan fingerprint density at radius 1 is 1.10 bits per heavy atom. The molecule has 2 nitrogen and oxygen atoms in total. The molecule has 1 atom stereocenters. The van der Waals surface area contributed by atoms with Crippen LogP contribution in [0.25, 0.3) is 0 Å². The van der Waals surface area contributed by atoms with Crippen molar-refractivity contribution in [1.82, 2.24) is 5.32 Å². The van der Waals surface area contributed by atoms with Gasteiger partial charge in [0, 0.05) is 6.54 Å². The van der Waals surface area contributed by atoms with Crippen molar-refractivity contribution in [2.75, 3.05) is 13.6 Å². The van der Waals surface area contributed by atoms with Gasteiger partial charge in [-0.15, -0.1) is 0 Å². The molecule has 2 heteroatoms. The van der Waals surface area contributed by atoms with Crippen molar-refractivity contribution in [1.29, 1.82) is 0 Å². The Morgan fingerprint density at radius 3 is 2.20 bits per heavy atom. The van der Waals surface area contributed by atoms with Crippen molar-refractivity contribution in [2.45, 2.75) is 65.4 Å². The molecule has 1 rings (SSSR count). The van der Waals surface area contributed by atoms with E-state index >= 15 is 0 Å². The zero-order valence-corrected chi connectivity index (χ0v) is 14.3. The topological polar surface area (TPSA) is 21.3 Å². The summed E-state index contributed by atoms with van der Waals surface area (Å²) < 4.78 is 6.39. The Kier molecular flexibility index (Phi) is 5.64. The Labute approximate surface area is 124 Å². The average Bonchev–Trinajstić information content (AvgIpc) is 2.38. The minimum Gasteiger partial charge on any atom is -0.486 e. The highest BCUT2D eigenvalue weighted by Gasteiger charge is 2.27. The zero-order valence-electron chi connectivity index (χ0n) is 14.3. The summed E-state index contributed by atoms with van der Waals surface area (Å²) in [6.07, 6.45) is 2.04. The van der Waals surface area contributed by atoms with Gasteiger partial charge >= 0.3 is 0 Å². The number of nitrogens with one attached hydrogen (secondary N) is 1. The third kappa shape index (κ3) is 4.24. The van der Waals surface area contributed by atoms with E-state index in [1.54, 1.807) is 0 Å². The molecule has 0 amide bonds. The summed E-state index contributed by atoms with van der Waals surface area (Å²) in [7, 11) is 1.97. The van der Waals surface area contributed by atoms with Gasteiger partial charge in [0.05, 0.1) is 0 Å². The van der Waals surface area contributed by atoms with E-state index in [0.29, 0.717) is 0 Å². The van der Waals surface area contributed by atoms with E-state index in [4.69, 9.17) is 4.74 Å². The van der Waals surface area contributed by atoms with Crippen molar-refractivity contribution in [2.24, 2.45) is 0 Å². The number of likely N-dealkylation sites (N-methyl/N-ethyl adjacent to an activating group) is 1. The largest absolute Gasteiger partial charge is 0.486 e. The third-order valence-corrected chi connectivity index (χ3v) is 3.92. The molecular weight excluding hydrogens is 246 g/mol. The maximum atomic E-state index is 6.39. The Balaban J connectivity index is 3.17. The maximum absolute atomic E-state index is 6.39. The second kappa shape index (κ2) is 6.62. The molecule has 0 spiro atoms. The van der Waals surface area contributed by atoms with Crippen LogP contribution in [0.1, 0.15) is 59.1 Å². The van der Waals surface area contributed by atoms with E-state index in [9.17, 15) is 0 Å². The number of ether oxygens (including phenoxy) is 1.